The molecule has 0 radical (unpaired) electrons. The molecule has 0 saturated heterocycles. The molecule has 0 saturated carbocycles. The molecule has 1 aromatic rings. The summed E-state index contributed by atoms with van der Waals surface area (Å²) in [5.74, 6) is 0.179. The molecule has 0 unspecified atom stereocenters. The summed E-state index contributed by atoms with van der Waals surface area (Å²) in [6.45, 7) is 1.91. The van der Waals surface area contributed by atoms with Gasteiger partial charge < -0.3 is 0 Å². The molecule has 0 aliphatic heterocycles. The Hall–Kier alpha value is -1.63. The molecule has 0 spiro atoms. The first-order valence-corrected chi connectivity index (χ1v) is 4.78. The van der Waals surface area contributed by atoms with E-state index in [1.54, 1.807) is 0 Å². The van der Waals surface area contributed by atoms with Crippen LogP contribution in [0.4, 0.5) is 0 Å². The van der Waals surface area contributed by atoms with Crippen LogP contribution in [0.25, 0.3) is 5.57 Å². The molecule has 0 aromatic heterocycles. The number of allylic oxidation sites excluding steroid dienone is 4. The van der Waals surface area contributed by atoms with Gasteiger partial charge in [-0.3, -0.25) is 4.79 Å². The normalized spacial score (nSPS) is 18.8. The maximum absolute atomic E-state index is 11.8. The smallest absolute Gasteiger partial charge is 0.189 e. The topological polar surface area (TPSA) is 17.1 Å². The van der Waals surface area contributed by atoms with Gasteiger partial charge in [0.05, 0.1) is 0 Å². The maximum Gasteiger partial charge on any atom is 0.189 e. The van der Waals surface area contributed by atoms with Crippen LogP contribution in [0.15, 0.2) is 48.1 Å². The number of rotatable bonds is 1. The number of carbonyl (C=O) groups is 1. The highest BCUT2D eigenvalue weighted by atomic mass is 16.1. The van der Waals surface area contributed by atoms with Gasteiger partial charge >= 0.3 is 0 Å². The van der Waals surface area contributed by atoms with Crippen LogP contribution < -0.4 is 0 Å². The molecule has 0 atom stereocenters. The van der Waals surface area contributed by atoms with Crippen molar-refractivity contribution in [3.05, 3.63) is 53.6 Å². The van der Waals surface area contributed by atoms with Crippen molar-refractivity contribution in [2.24, 2.45) is 0 Å². The molecule has 0 heterocycles. The summed E-state index contributed by atoms with van der Waals surface area (Å²) in [6, 6.07) is 9.82. The molecule has 70 valence electrons. The van der Waals surface area contributed by atoms with Gasteiger partial charge in [-0.25, -0.2) is 0 Å². The molecule has 2 rings (SSSR count). The third kappa shape index (κ3) is 1.41. The van der Waals surface area contributed by atoms with Crippen molar-refractivity contribution in [1.82, 2.24) is 0 Å². The van der Waals surface area contributed by atoms with Crippen molar-refractivity contribution in [3.63, 3.8) is 0 Å². The minimum absolute atomic E-state index is 0.179. The minimum atomic E-state index is 0.179. The van der Waals surface area contributed by atoms with Crippen molar-refractivity contribution in [2.75, 3.05) is 0 Å². The molecule has 1 aliphatic carbocycles. The van der Waals surface area contributed by atoms with E-state index in [0.29, 0.717) is 0 Å². The lowest BCUT2D eigenvalue weighted by atomic mass is 10.0. The summed E-state index contributed by atoms with van der Waals surface area (Å²) in [7, 11) is 0. The Balaban J connectivity index is 2.36. The van der Waals surface area contributed by atoms with Crippen molar-refractivity contribution < 1.29 is 4.79 Å². The Labute approximate surface area is 83.8 Å². The maximum atomic E-state index is 11.8. The van der Waals surface area contributed by atoms with Gasteiger partial charge in [0.15, 0.2) is 5.78 Å². The van der Waals surface area contributed by atoms with E-state index in [9.17, 15) is 4.79 Å². The molecule has 14 heavy (non-hydrogen) atoms. The Bertz CT molecular complexity index is 410. The number of hydrogen-bond acceptors (Lipinski definition) is 1. The van der Waals surface area contributed by atoms with Gasteiger partial charge in [0.1, 0.15) is 0 Å². The molecule has 0 amide bonds. The van der Waals surface area contributed by atoms with Crippen molar-refractivity contribution in [1.29, 1.82) is 0 Å². The fourth-order valence-electron chi connectivity index (χ4n) is 1.69. The van der Waals surface area contributed by atoms with Gasteiger partial charge in [-0.15, -0.1) is 0 Å². The summed E-state index contributed by atoms with van der Waals surface area (Å²) in [4.78, 5) is 11.8. The zero-order chi connectivity index (χ0) is 9.97. The zero-order valence-electron chi connectivity index (χ0n) is 8.16. The highest BCUT2D eigenvalue weighted by molar-refractivity contribution is 6.31. The van der Waals surface area contributed by atoms with Crippen LogP contribution in [0.5, 0.6) is 0 Å². The molecule has 1 nitrogen and oxygen atoms in total. The molecule has 1 heteroatoms. The minimum Gasteiger partial charge on any atom is -0.289 e. The summed E-state index contributed by atoms with van der Waals surface area (Å²) < 4.78 is 0. The van der Waals surface area contributed by atoms with Crippen molar-refractivity contribution in [3.8, 4) is 0 Å². The summed E-state index contributed by atoms with van der Waals surface area (Å²) in [5, 5.41) is 0. The van der Waals surface area contributed by atoms with Gasteiger partial charge in [0.2, 0.25) is 0 Å². The predicted molar refractivity (Wildman–Crippen MR) is 57.8 cm³/mol. The molecule has 0 fully saturated rings. The number of ketones is 1. The van der Waals surface area contributed by atoms with Crippen LogP contribution in [0.1, 0.15) is 18.9 Å². The molecule has 0 bridgehead atoms. The number of hydrogen-bond donors (Lipinski definition) is 0. The van der Waals surface area contributed by atoms with E-state index in [1.807, 2.05) is 49.4 Å². The van der Waals surface area contributed by atoms with Gasteiger partial charge in [-0.1, -0.05) is 42.5 Å². The van der Waals surface area contributed by atoms with E-state index in [1.165, 1.54) is 0 Å². The second-order valence-corrected chi connectivity index (χ2v) is 3.33. The van der Waals surface area contributed by atoms with Gasteiger partial charge in [-0.05, 0) is 24.5 Å². The lowest BCUT2D eigenvalue weighted by molar-refractivity contribution is -0.110. The molecule has 1 aliphatic rings. The standard InChI is InChI=1S/C13H12O/c1-2-10-8-9-12(13(10)14)11-6-4-3-5-7-11/h2-7,9H,8H2,1H3. The highest BCUT2D eigenvalue weighted by Gasteiger charge is 2.20. The summed E-state index contributed by atoms with van der Waals surface area (Å²) in [6.07, 6.45) is 4.68. The van der Waals surface area contributed by atoms with Crippen LogP contribution in [0, 0.1) is 0 Å². The molecule has 0 N–H and O–H groups in total. The molecular weight excluding hydrogens is 172 g/mol. The quantitative estimate of drug-likeness (QED) is 0.613. The number of carbonyl (C=O) groups excluding carboxylic acids is 1. The fourth-order valence-corrected chi connectivity index (χ4v) is 1.69. The van der Waals surface area contributed by atoms with E-state index in [2.05, 4.69) is 0 Å². The first kappa shape index (κ1) is 8.95. The first-order valence-electron chi connectivity index (χ1n) is 4.78. The predicted octanol–water partition coefficient (Wildman–Crippen LogP) is 2.99. The van der Waals surface area contributed by atoms with Crippen LogP contribution in [0.3, 0.4) is 0 Å². The Morgan fingerprint density at radius 2 is 1.93 bits per heavy atom. The van der Waals surface area contributed by atoms with Crippen molar-refractivity contribution in [2.45, 2.75) is 13.3 Å². The Morgan fingerprint density at radius 1 is 1.21 bits per heavy atom. The van der Waals surface area contributed by atoms with E-state index >= 15 is 0 Å². The monoisotopic (exact) mass is 184 g/mol. The fraction of sp³-hybridized carbons (Fsp3) is 0.154. The largest absolute Gasteiger partial charge is 0.289 e. The first-order chi connectivity index (χ1) is 6.83. The Morgan fingerprint density at radius 3 is 2.50 bits per heavy atom. The van der Waals surface area contributed by atoms with Crippen LogP contribution in [-0.4, -0.2) is 5.78 Å². The van der Waals surface area contributed by atoms with Crippen molar-refractivity contribution >= 4 is 11.4 Å². The van der Waals surface area contributed by atoms with Gasteiger partial charge in [0.25, 0.3) is 0 Å². The average molecular weight is 184 g/mol. The SMILES string of the molecule is CC=C1CC=C(c2ccccc2)C1=O. The number of benzene rings is 1. The zero-order valence-corrected chi connectivity index (χ0v) is 8.16. The highest BCUT2D eigenvalue weighted by Crippen LogP contribution is 2.27. The van der Waals surface area contributed by atoms with Crippen LogP contribution in [0.2, 0.25) is 0 Å². The van der Waals surface area contributed by atoms with Crippen LogP contribution in [-0.2, 0) is 4.79 Å². The lowest BCUT2D eigenvalue weighted by Gasteiger charge is -2.00. The number of Topliss-reactive ketones (excluding diaryl/α,β-unsaturated/α-hetero) is 1. The third-order valence-corrected chi connectivity index (χ3v) is 2.50. The van der Waals surface area contributed by atoms with Crippen LogP contribution >= 0.6 is 0 Å². The average Bonchev–Trinajstić information content (AvgIpc) is 2.61. The van der Waals surface area contributed by atoms with E-state index in [-0.39, 0.29) is 5.78 Å². The third-order valence-electron chi connectivity index (χ3n) is 2.50. The van der Waals surface area contributed by atoms with E-state index in [4.69, 9.17) is 0 Å². The molecule has 1 aromatic carbocycles. The van der Waals surface area contributed by atoms with E-state index < -0.39 is 0 Å². The Kier molecular flexibility index (Phi) is 2.32. The second kappa shape index (κ2) is 3.62. The molecular formula is C13H12O. The van der Waals surface area contributed by atoms with Gasteiger partial charge in [-0.2, -0.15) is 0 Å². The lowest BCUT2D eigenvalue weighted by Crippen LogP contribution is -1.98. The summed E-state index contributed by atoms with van der Waals surface area (Å²) in [5.41, 5.74) is 2.77. The second-order valence-electron chi connectivity index (χ2n) is 3.33. The summed E-state index contributed by atoms with van der Waals surface area (Å²) >= 11 is 0. The van der Waals surface area contributed by atoms with E-state index in [0.717, 1.165) is 23.1 Å². The van der Waals surface area contributed by atoms with Gasteiger partial charge in [0, 0.05) is 5.57 Å².